The number of esters is 3. The van der Waals surface area contributed by atoms with Crippen LogP contribution in [0.15, 0.2) is 0 Å². The van der Waals surface area contributed by atoms with E-state index in [-0.39, 0.29) is 37.4 Å². The highest BCUT2D eigenvalue weighted by atomic mass is 16.6. The molecule has 0 saturated carbocycles. The molecule has 0 aromatic rings. The van der Waals surface area contributed by atoms with Crippen LogP contribution in [0.25, 0.3) is 0 Å². The standard InChI is InChI=1S/C22H42N2O6/c1-20(2,3)28-17(25)11-10-13-24(16-19(27)30-22(7,8)9)14-12-23-15-18(26)29-21(4,5)6/h23H,10-16H2,1-9H3. The summed E-state index contributed by atoms with van der Waals surface area (Å²) in [5.41, 5.74) is -1.60. The second-order valence-electron chi connectivity index (χ2n) is 10.3. The van der Waals surface area contributed by atoms with Crippen molar-refractivity contribution >= 4 is 17.9 Å². The predicted octanol–water partition coefficient (Wildman–Crippen LogP) is 2.68. The maximum Gasteiger partial charge on any atom is 0.320 e. The van der Waals surface area contributed by atoms with Crippen LogP contribution in [0.5, 0.6) is 0 Å². The Hall–Kier alpha value is -1.67. The van der Waals surface area contributed by atoms with Crippen LogP contribution >= 0.6 is 0 Å². The van der Waals surface area contributed by atoms with Gasteiger partial charge in [0.2, 0.25) is 0 Å². The summed E-state index contributed by atoms with van der Waals surface area (Å²) in [6, 6.07) is 0. The second kappa shape index (κ2) is 12.2. The van der Waals surface area contributed by atoms with Crippen LogP contribution in [-0.4, -0.2) is 72.3 Å². The van der Waals surface area contributed by atoms with E-state index in [0.717, 1.165) is 0 Å². The van der Waals surface area contributed by atoms with Crippen molar-refractivity contribution in [2.24, 2.45) is 0 Å². The van der Waals surface area contributed by atoms with Crippen LogP contribution in [0.4, 0.5) is 0 Å². The van der Waals surface area contributed by atoms with Crippen LogP contribution in [0.1, 0.15) is 75.2 Å². The highest BCUT2D eigenvalue weighted by Gasteiger charge is 2.21. The van der Waals surface area contributed by atoms with Crippen molar-refractivity contribution in [3.63, 3.8) is 0 Å². The summed E-state index contributed by atoms with van der Waals surface area (Å²) in [4.78, 5) is 37.8. The van der Waals surface area contributed by atoms with Gasteiger partial charge in [-0.1, -0.05) is 0 Å². The lowest BCUT2D eigenvalue weighted by Crippen LogP contribution is -2.40. The molecule has 0 saturated heterocycles. The molecule has 8 nitrogen and oxygen atoms in total. The molecule has 0 spiro atoms. The van der Waals surface area contributed by atoms with Crippen molar-refractivity contribution in [3.8, 4) is 0 Å². The fraction of sp³-hybridized carbons (Fsp3) is 0.864. The van der Waals surface area contributed by atoms with Crippen LogP contribution in [0.2, 0.25) is 0 Å². The monoisotopic (exact) mass is 430 g/mol. The zero-order valence-corrected chi connectivity index (χ0v) is 20.3. The van der Waals surface area contributed by atoms with Gasteiger partial charge in [0.15, 0.2) is 0 Å². The predicted molar refractivity (Wildman–Crippen MR) is 116 cm³/mol. The number of ether oxygens (including phenoxy) is 3. The van der Waals surface area contributed by atoms with Gasteiger partial charge in [0.05, 0.1) is 13.1 Å². The molecular formula is C22H42N2O6. The molecule has 0 amide bonds. The molecule has 1 N–H and O–H groups in total. The first kappa shape index (κ1) is 28.3. The zero-order valence-electron chi connectivity index (χ0n) is 20.3. The third kappa shape index (κ3) is 18.4. The molecule has 0 radical (unpaired) electrons. The van der Waals surface area contributed by atoms with Crippen molar-refractivity contribution < 1.29 is 28.6 Å². The fourth-order valence-electron chi connectivity index (χ4n) is 2.47. The smallest absolute Gasteiger partial charge is 0.320 e. The molecule has 0 aliphatic carbocycles. The Morgan fingerprint density at radius 3 is 1.67 bits per heavy atom. The molecule has 0 aliphatic rings. The van der Waals surface area contributed by atoms with Gasteiger partial charge in [-0.3, -0.25) is 19.3 Å². The average molecular weight is 431 g/mol. The number of rotatable bonds is 11. The maximum absolute atomic E-state index is 12.2. The van der Waals surface area contributed by atoms with Crippen molar-refractivity contribution in [3.05, 3.63) is 0 Å². The van der Waals surface area contributed by atoms with E-state index in [9.17, 15) is 14.4 Å². The quantitative estimate of drug-likeness (QED) is 0.304. The topological polar surface area (TPSA) is 94.2 Å². The molecule has 0 aliphatic heterocycles. The molecule has 0 unspecified atom stereocenters. The Bertz CT molecular complexity index is 555. The van der Waals surface area contributed by atoms with Crippen LogP contribution in [-0.2, 0) is 28.6 Å². The molecule has 0 rings (SSSR count). The van der Waals surface area contributed by atoms with Crippen molar-refractivity contribution in [2.75, 3.05) is 32.7 Å². The van der Waals surface area contributed by atoms with Crippen LogP contribution in [0.3, 0.4) is 0 Å². The van der Waals surface area contributed by atoms with Gasteiger partial charge in [-0.15, -0.1) is 0 Å². The molecule has 0 bridgehead atoms. The number of hydrogen-bond donors (Lipinski definition) is 1. The fourth-order valence-corrected chi connectivity index (χ4v) is 2.47. The van der Waals surface area contributed by atoms with Gasteiger partial charge in [-0.2, -0.15) is 0 Å². The number of carbonyl (C=O) groups is 3. The summed E-state index contributed by atoms with van der Waals surface area (Å²) >= 11 is 0. The van der Waals surface area contributed by atoms with E-state index in [1.165, 1.54) is 0 Å². The Labute approximate surface area is 182 Å². The number of nitrogens with zero attached hydrogens (tertiary/aromatic N) is 1. The molecule has 0 fully saturated rings. The molecule has 176 valence electrons. The molecule has 0 aromatic heterocycles. The largest absolute Gasteiger partial charge is 0.460 e. The Morgan fingerprint density at radius 1 is 0.700 bits per heavy atom. The number of hydrogen-bond acceptors (Lipinski definition) is 8. The van der Waals surface area contributed by atoms with Gasteiger partial charge < -0.3 is 19.5 Å². The van der Waals surface area contributed by atoms with E-state index in [0.29, 0.717) is 26.1 Å². The SMILES string of the molecule is CC(C)(C)OC(=O)CCCN(CCNCC(=O)OC(C)(C)C)CC(=O)OC(C)(C)C. The molecule has 0 heterocycles. The first-order chi connectivity index (χ1) is 13.5. The summed E-state index contributed by atoms with van der Waals surface area (Å²) in [7, 11) is 0. The Balaban J connectivity index is 4.55. The van der Waals surface area contributed by atoms with Gasteiger partial charge in [-0.25, -0.2) is 0 Å². The highest BCUT2D eigenvalue weighted by Crippen LogP contribution is 2.11. The average Bonchev–Trinajstić information content (AvgIpc) is 2.45. The Kier molecular flexibility index (Phi) is 11.6. The van der Waals surface area contributed by atoms with Crippen molar-refractivity contribution in [1.82, 2.24) is 10.2 Å². The van der Waals surface area contributed by atoms with Gasteiger partial charge in [0.1, 0.15) is 16.8 Å². The minimum Gasteiger partial charge on any atom is -0.460 e. The first-order valence-electron chi connectivity index (χ1n) is 10.6. The Morgan fingerprint density at radius 2 is 1.17 bits per heavy atom. The van der Waals surface area contributed by atoms with E-state index in [1.54, 1.807) is 0 Å². The second-order valence-corrected chi connectivity index (χ2v) is 10.3. The highest BCUT2D eigenvalue weighted by molar-refractivity contribution is 5.72. The van der Waals surface area contributed by atoms with Crippen LogP contribution in [0, 0.1) is 0 Å². The lowest BCUT2D eigenvalue weighted by molar-refractivity contribution is -0.157. The molecule has 8 heteroatoms. The number of nitrogens with one attached hydrogen (secondary N) is 1. The van der Waals surface area contributed by atoms with Crippen LogP contribution < -0.4 is 5.32 Å². The van der Waals surface area contributed by atoms with E-state index in [4.69, 9.17) is 14.2 Å². The van der Waals surface area contributed by atoms with Gasteiger partial charge in [0, 0.05) is 19.5 Å². The summed E-state index contributed by atoms with van der Waals surface area (Å²) < 4.78 is 16.0. The third-order valence-corrected chi connectivity index (χ3v) is 3.34. The van der Waals surface area contributed by atoms with Gasteiger partial charge in [0.25, 0.3) is 0 Å². The molecule has 30 heavy (non-hydrogen) atoms. The normalized spacial score (nSPS) is 12.6. The molecular weight excluding hydrogens is 388 g/mol. The van der Waals surface area contributed by atoms with Gasteiger partial charge in [-0.05, 0) is 75.3 Å². The van der Waals surface area contributed by atoms with Gasteiger partial charge >= 0.3 is 17.9 Å². The van der Waals surface area contributed by atoms with E-state index >= 15 is 0 Å². The van der Waals surface area contributed by atoms with E-state index < -0.39 is 16.8 Å². The minimum atomic E-state index is -0.561. The summed E-state index contributed by atoms with van der Waals surface area (Å²) in [5.74, 6) is -0.916. The molecule has 0 aromatic carbocycles. The number of carbonyl (C=O) groups excluding carboxylic acids is 3. The van der Waals surface area contributed by atoms with Crippen molar-refractivity contribution in [1.29, 1.82) is 0 Å². The molecule has 0 atom stereocenters. The zero-order chi connectivity index (χ0) is 23.6. The minimum absolute atomic E-state index is 0.0927. The maximum atomic E-state index is 12.2. The lowest BCUT2D eigenvalue weighted by atomic mass is 10.2. The van der Waals surface area contributed by atoms with E-state index in [1.807, 2.05) is 67.2 Å². The summed E-state index contributed by atoms with van der Waals surface area (Å²) in [6.45, 7) is 18.2. The van der Waals surface area contributed by atoms with E-state index in [2.05, 4.69) is 5.32 Å². The summed E-state index contributed by atoms with van der Waals surface area (Å²) in [5, 5.41) is 3.03. The lowest BCUT2D eigenvalue weighted by Gasteiger charge is -2.25. The third-order valence-electron chi connectivity index (χ3n) is 3.34. The first-order valence-corrected chi connectivity index (χ1v) is 10.6. The van der Waals surface area contributed by atoms with Crippen molar-refractivity contribution in [2.45, 2.75) is 92.0 Å². The summed E-state index contributed by atoms with van der Waals surface area (Å²) in [6.07, 6.45) is 0.831.